The summed E-state index contributed by atoms with van der Waals surface area (Å²) in [6.45, 7) is 0.993. The van der Waals surface area contributed by atoms with Crippen LogP contribution in [0.15, 0.2) is 54.7 Å². The molecule has 0 N–H and O–H groups in total. The number of aromatic nitrogens is 1. The minimum absolute atomic E-state index is 0.150. The van der Waals surface area contributed by atoms with Gasteiger partial charge in [-0.1, -0.05) is 68.5 Å². The summed E-state index contributed by atoms with van der Waals surface area (Å²) in [5.74, 6) is 1.76. The highest BCUT2D eigenvalue weighted by atomic mass is 16.5. The maximum atomic E-state index is 13.1. The van der Waals surface area contributed by atoms with Gasteiger partial charge in [0, 0.05) is 41.2 Å². The number of ketones is 1. The Bertz CT molecular complexity index is 950. The van der Waals surface area contributed by atoms with E-state index in [0.29, 0.717) is 6.42 Å². The van der Waals surface area contributed by atoms with Gasteiger partial charge in [0.15, 0.2) is 5.78 Å². The number of aryl methyl sites for hydroxylation is 1. The molecule has 1 saturated carbocycles. The third-order valence-corrected chi connectivity index (χ3v) is 6.14. The van der Waals surface area contributed by atoms with Crippen molar-refractivity contribution in [2.45, 2.75) is 51.5 Å². The van der Waals surface area contributed by atoms with Gasteiger partial charge in [-0.3, -0.25) is 4.79 Å². The first-order chi connectivity index (χ1) is 13.8. The number of ether oxygens (including phenoxy) is 1. The maximum Gasteiger partial charge on any atom is 0.169 e. The largest absolute Gasteiger partial charge is 0.496 e. The van der Waals surface area contributed by atoms with Crippen molar-refractivity contribution in [1.29, 1.82) is 0 Å². The molecule has 1 aliphatic carbocycles. The zero-order valence-corrected chi connectivity index (χ0v) is 16.7. The van der Waals surface area contributed by atoms with Gasteiger partial charge in [0.05, 0.1) is 7.11 Å². The van der Waals surface area contributed by atoms with Crippen molar-refractivity contribution >= 4 is 16.7 Å². The smallest absolute Gasteiger partial charge is 0.169 e. The average molecular weight is 376 g/mol. The minimum Gasteiger partial charge on any atom is -0.496 e. The third-order valence-electron chi connectivity index (χ3n) is 6.14. The first-order valence-electron chi connectivity index (χ1n) is 10.5. The van der Waals surface area contributed by atoms with Crippen LogP contribution in [0.25, 0.3) is 10.9 Å². The van der Waals surface area contributed by atoms with Crippen molar-refractivity contribution < 1.29 is 9.53 Å². The molecule has 0 saturated heterocycles. The number of hydrogen-bond donors (Lipinski definition) is 0. The monoisotopic (exact) mass is 375 g/mol. The van der Waals surface area contributed by atoms with Gasteiger partial charge in [0.25, 0.3) is 0 Å². The van der Waals surface area contributed by atoms with Crippen molar-refractivity contribution in [3.05, 3.63) is 65.9 Å². The lowest BCUT2D eigenvalue weighted by Gasteiger charge is -2.21. The van der Waals surface area contributed by atoms with Crippen LogP contribution in [0, 0.1) is 5.92 Å². The molecule has 0 aliphatic heterocycles. The number of para-hydroxylation sites is 2. The Morgan fingerprint density at radius 2 is 1.79 bits per heavy atom. The highest BCUT2D eigenvalue weighted by molar-refractivity contribution is 6.09. The van der Waals surface area contributed by atoms with E-state index in [1.165, 1.54) is 44.0 Å². The lowest BCUT2D eigenvalue weighted by atomic mass is 9.87. The van der Waals surface area contributed by atoms with E-state index in [1.807, 2.05) is 30.3 Å². The van der Waals surface area contributed by atoms with Crippen LogP contribution in [0.1, 0.15) is 54.4 Å². The molecule has 2 aromatic carbocycles. The molecule has 3 aromatic rings. The number of fused-ring (bicyclic) bond motifs is 1. The second kappa shape index (κ2) is 8.64. The van der Waals surface area contributed by atoms with Crippen LogP contribution in [-0.2, 0) is 13.0 Å². The van der Waals surface area contributed by atoms with Gasteiger partial charge in [-0.05, 0) is 24.5 Å². The molecular formula is C25H29NO2. The molecule has 146 valence electrons. The quantitative estimate of drug-likeness (QED) is 0.471. The molecule has 4 rings (SSSR count). The zero-order valence-electron chi connectivity index (χ0n) is 16.7. The Morgan fingerprint density at radius 3 is 2.61 bits per heavy atom. The van der Waals surface area contributed by atoms with Crippen LogP contribution in [0.5, 0.6) is 5.75 Å². The van der Waals surface area contributed by atoms with Gasteiger partial charge in [0.2, 0.25) is 0 Å². The van der Waals surface area contributed by atoms with Gasteiger partial charge in [-0.25, -0.2) is 0 Å². The Hall–Kier alpha value is -2.55. The number of nitrogens with zero attached hydrogens (tertiary/aromatic N) is 1. The normalized spacial score (nSPS) is 15.0. The van der Waals surface area contributed by atoms with E-state index in [1.54, 1.807) is 7.11 Å². The third kappa shape index (κ3) is 3.99. The molecule has 3 heteroatoms. The number of benzene rings is 2. The lowest BCUT2D eigenvalue weighted by molar-refractivity contribution is 0.0993. The Morgan fingerprint density at radius 1 is 1.04 bits per heavy atom. The van der Waals surface area contributed by atoms with Crippen molar-refractivity contribution in [3.8, 4) is 5.75 Å². The second-order valence-electron chi connectivity index (χ2n) is 7.96. The summed E-state index contributed by atoms with van der Waals surface area (Å²) in [4.78, 5) is 13.1. The molecular weight excluding hydrogens is 346 g/mol. The summed E-state index contributed by atoms with van der Waals surface area (Å²) in [5, 5.41) is 1.06. The van der Waals surface area contributed by atoms with E-state index in [4.69, 9.17) is 4.74 Å². The zero-order chi connectivity index (χ0) is 19.3. The molecule has 0 atom stereocenters. The van der Waals surface area contributed by atoms with Crippen molar-refractivity contribution in [1.82, 2.24) is 4.57 Å². The summed E-state index contributed by atoms with van der Waals surface area (Å²) < 4.78 is 7.71. The molecule has 1 heterocycles. The van der Waals surface area contributed by atoms with Crippen molar-refractivity contribution in [3.63, 3.8) is 0 Å². The Labute approximate surface area is 167 Å². The molecule has 0 radical (unpaired) electrons. The van der Waals surface area contributed by atoms with Crippen LogP contribution < -0.4 is 4.74 Å². The predicted octanol–water partition coefficient (Wildman–Crippen LogP) is 6.05. The average Bonchev–Trinajstić information content (AvgIpc) is 3.12. The first-order valence-corrected chi connectivity index (χ1v) is 10.5. The summed E-state index contributed by atoms with van der Waals surface area (Å²) in [5.41, 5.74) is 2.93. The summed E-state index contributed by atoms with van der Waals surface area (Å²) in [7, 11) is 1.65. The lowest BCUT2D eigenvalue weighted by Crippen LogP contribution is -2.10. The second-order valence-corrected chi connectivity index (χ2v) is 7.96. The van der Waals surface area contributed by atoms with E-state index >= 15 is 0 Å². The SMILES string of the molecule is COc1ccccc1CC(=O)c1cn(CCC2CCCCC2)c2ccccc12. The Balaban J connectivity index is 1.57. The summed E-state index contributed by atoms with van der Waals surface area (Å²) in [6.07, 6.45) is 10.5. The molecule has 1 aliphatic rings. The van der Waals surface area contributed by atoms with Crippen LogP contribution in [0.4, 0.5) is 0 Å². The van der Waals surface area contributed by atoms with E-state index in [2.05, 4.69) is 29.0 Å². The number of hydrogen-bond acceptors (Lipinski definition) is 2. The standard InChI is InChI=1S/C25H29NO2/c1-28-25-14-8-5-11-20(25)17-24(27)22-18-26(23-13-7-6-12-21(22)23)16-15-19-9-3-2-4-10-19/h5-8,11-14,18-19H,2-4,9-10,15-17H2,1H3. The fraction of sp³-hybridized carbons (Fsp3) is 0.400. The van der Waals surface area contributed by atoms with E-state index in [-0.39, 0.29) is 5.78 Å². The molecule has 28 heavy (non-hydrogen) atoms. The number of methoxy groups -OCH3 is 1. The van der Waals surface area contributed by atoms with Crippen molar-refractivity contribution in [2.75, 3.05) is 7.11 Å². The molecule has 0 bridgehead atoms. The van der Waals surface area contributed by atoms with Gasteiger partial charge in [0.1, 0.15) is 5.75 Å². The highest BCUT2D eigenvalue weighted by Crippen LogP contribution is 2.29. The number of rotatable bonds is 7. The van der Waals surface area contributed by atoms with Crippen LogP contribution in [0.3, 0.4) is 0 Å². The molecule has 0 spiro atoms. The van der Waals surface area contributed by atoms with Gasteiger partial charge >= 0.3 is 0 Å². The molecule has 1 fully saturated rings. The van der Waals surface area contributed by atoms with Gasteiger partial charge < -0.3 is 9.30 Å². The predicted molar refractivity (Wildman–Crippen MR) is 114 cm³/mol. The van der Waals surface area contributed by atoms with E-state index in [0.717, 1.165) is 34.7 Å². The molecule has 0 amide bonds. The topological polar surface area (TPSA) is 31.2 Å². The summed E-state index contributed by atoms with van der Waals surface area (Å²) >= 11 is 0. The molecule has 0 unspecified atom stereocenters. The first kappa shape index (κ1) is 18.8. The van der Waals surface area contributed by atoms with Crippen molar-refractivity contribution in [2.24, 2.45) is 5.92 Å². The minimum atomic E-state index is 0.150. The number of carbonyl (C=O) groups excluding carboxylic acids is 1. The fourth-order valence-corrected chi connectivity index (χ4v) is 4.57. The fourth-order valence-electron chi connectivity index (χ4n) is 4.57. The van der Waals surface area contributed by atoms with E-state index in [9.17, 15) is 4.79 Å². The highest BCUT2D eigenvalue weighted by Gasteiger charge is 2.18. The van der Waals surface area contributed by atoms with Crippen LogP contribution >= 0.6 is 0 Å². The van der Waals surface area contributed by atoms with E-state index < -0.39 is 0 Å². The van der Waals surface area contributed by atoms with Crippen LogP contribution in [0.2, 0.25) is 0 Å². The maximum absolute atomic E-state index is 13.1. The summed E-state index contributed by atoms with van der Waals surface area (Å²) in [6, 6.07) is 16.1. The van der Waals surface area contributed by atoms with Crippen LogP contribution in [-0.4, -0.2) is 17.5 Å². The number of carbonyl (C=O) groups is 1. The van der Waals surface area contributed by atoms with Gasteiger partial charge in [-0.15, -0.1) is 0 Å². The van der Waals surface area contributed by atoms with Gasteiger partial charge in [-0.2, -0.15) is 0 Å². The molecule has 1 aromatic heterocycles. The Kier molecular flexibility index (Phi) is 5.80. The molecule has 3 nitrogen and oxygen atoms in total. The number of Topliss-reactive ketones (excluding diaryl/α,β-unsaturated/α-hetero) is 1.